The lowest BCUT2D eigenvalue weighted by Gasteiger charge is -2.39. The molecule has 2 bridgehead atoms. The molecular formula is C26H28ClFN2O2. The molecule has 1 N–H and O–H groups in total. The largest absolute Gasteiger partial charge is 0.495 e. The number of fused-ring (bicyclic) bond motifs is 3. The minimum Gasteiger partial charge on any atom is -0.495 e. The molecule has 0 radical (unpaired) electrons. The highest BCUT2D eigenvalue weighted by Gasteiger charge is 2.41. The van der Waals surface area contributed by atoms with Crippen LogP contribution in [-0.2, 0) is 6.54 Å². The first-order valence-corrected chi connectivity index (χ1v) is 11.0. The first-order chi connectivity index (χ1) is 15.1. The van der Waals surface area contributed by atoms with Crippen LogP contribution in [-0.4, -0.2) is 36.0 Å². The number of nitrogens with zero attached hydrogens (tertiary/aromatic N) is 1. The van der Waals surface area contributed by atoms with Crippen molar-refractivity contribution in [1.82, 2.24) is 10.2 Å². The minimum atomic E-state index is -0.403. The number of nitrogens with one attached hydrogen (secondary N) is 1. The van der Waals surface area contributed by atoms with Crippen molar-refractivity contribution >= 4 is 29.1 Å². The van der Waals surface area contributed by atoms with E-state index in [1.165, 1.54) is 18.7 Å². The molecule has 1 amide bonds. The molecule has 168 valence electrons. The number of hydrogen-bond acceptors (Lipinski definition) is 3. The molecule has 0 aliphatic carbocycles. The quantitative estimate of drug-likeness (QED) is 0.566. The Morgan fingerprint density at radius 1 is 1.03 bits per heavy atom. The van der Waals surface area contributed by atoms with E-state index in [9.17, 15) is 9.18 Å². The van der Waals surface area contributed by atoms with Crippen LogP contribution in [0.25, 0.3) is 10.8 Å². The third kappa shape index (κ3) is 4.19. The van der Waals surface area contributed by atoms with Crippen LogP contribution in [0.2, 0.25) is 0 Å². The number of halogens is 2. The van der Waals surface area contributed by atoms with Gasteiger partial charge in [-0.05, 0) is 37.3 Å². The van der Waals surface area contributed by atoms with Gasteiger partial charge in [-0.15, -0.1) is 12.4 Å². The standard InChI is InChI=1S/C26H27FN2O2.ClH/c1-31-25-22-10-6-5-9-21(22)24(27)15-23(25)26(30)28-18-13-19-11-12-20(14-18)29(19)16-17-7-3-2-4-8-17;/h2-10,15,18-20H,11-14,16H2,1H3,(H,28,30);1H. The predicted molar refractivity (Wildman–Crippen MR) is 127 cm³/mol. The molecule has 32 heavy (non-hydrogen) atoms. The maximum absolute atomic E-state index is 14.7. The fraction of sp³-hybridized carbons (Fsp3) is 0.346. The van der Waals surface area contributed by atoms with Gasteiger partial charge in [0.25, 0.3) is 5.91 Å². The number of hydrogen-bond donors (Lipinski definition) is 1. The Morgan fingerprint density at radius 2 is 1.66 bits per heavy atom. The summed E-state index contributed by atoms with van der Waals surface area (Å²) in [6.07, 6.45) is 4.18. The number of rotatable bonds is 5. The van der Waals surface area contributed by atoms with Crippen LogP contribution in [0.5, 0.6) is 5.75 Å². The van der Waals surface area contributed by atoms with Crippen molar-refractivity contribution in [2.24, 2.45) is 0 Å². The zero-order valence-corrected chi connectivity index (χ0v) is 18.9. The van der Waals surface area contributed by atoms with Crippen LogP contribution in [0.1, 0.15) is 41.6 Å². The van der Waals surface area contributed by atoms with E-state index in [1.54, 1.807) is 18.2 Å². The van der Waals surface area contributed by atoms with Crippen LogP contribution < -0.4 is 10.1 Å². The van der Waals surface area contributed by atoms with Crippen LogP contribution in [0, 0.1) is 5.82 Å². The second kappa shape index (κ2) is 9.47. The Labute approximate surface area is 194 Å². The van der Waals surface area contributed by atoms with E-state index >= 15 is 0 Å². The van der Waals surface area contributed by atoms with E-state index in [0.717, 1.165) is 32.2 Å². The lowest BCUT2D eigenvalue weighted by atomic mass is 9.95. The molecule has 2 aliphatic rings. The number of carbonyl (C=O) groups excluding carboxylic acids is 1. The van der Waals surface area contributed by atoms with Gasteiger partial charge in [0, 0.05) is 35.4 Å². The van der Waals surface area contributed by atoms with E-state index in [4.69, 9.17) is 4.74 Å². The molecule has 3 aromatic rings. The summed E-state index contributed by atoms with van der Waals surface area (Å²) in [5, 5.41) is 4.25. The minimum absolute atomic E-state index is 0. The fourth-order valence-corrected chi connectivity index (χ4v) is 5.40. The molecule has 4 nitrogen and oxygen atoms in total. The molecule has 5 rings (SSSR count). The van der Waals surface area contributed by atoms with E-state index in [0.29, 0.717) is 28.6 Å². The normalized spacial score (nSPS) is 22.4. The molecule has 2 saturated heterocycles. The number of ether oxygens (including phenoxy) is 1. The smallest absolute Gasteiger partial charge is 0.255 e. The zero-order chi connectivity index (χ0) is 21.4. The molecular weight excluding hydrogens is 427 g/mol. The number of amides is 1. The Hall–Kier alpha value is -2.63. The maximum atomic E-state index is 14.7. The van der Waals surface area contributed by atoms with E-state index in [1.807, 2.05) is 12.1 Å². The Kier molecular flexibility index (Phi) is 6.68. The summed E-state index contributed by atoms with van der Waals surface area (Å²) in [4.78, 5) is 15.7. The van der Waals surface area contributed by atoms with Gasteiger partial charge in [-0.2, -0.15) is 0 Å². The highest BCUT2D eigenvalue weighted by Crippen LogP contribution is 2.37. The molecule has 2 atom stereocenters. The predicted octanol–water partition coefficient (Wildman–Crippen LogP) is 5.33. The third-order valence-electron chi connectivity index (χ3n) is 6.82. The maximum Gasteiger partial charge on any atom is 0.255 e. The van der Waals surface area contributed by atoms with Crippen molar-refractivity contribution in [2.45, 2.75) is 50.4 Å². The molecule has 6 heteroatoms. The van der Waals surface area contributed by atoms with Gasteiger partial charge in [-0.3, -0.25) is 9.69 Å². The summed E-state index contributed by atoms with van der Waals surface area (Å²) in [6.45, 7) is 0.959. The fourth-order valence-electron chi connectivity index (χ4n) is 5.40. The highest BCUT2D eigenvalue weighted by atomic mass is 35.5. The first kappa shape index (κ1) is 22.6. The van der Waals surface area contributed by atoms with Gasteiger partial charge in [0.15, 0.2) is 0 Å². The van der Waals surface area contributed by atoms with Crippen LogP contribution in [0.3, 0.4) is 0 Å². The van der Waals surface area contributed by atoms with Crippen LogP contribution >= 0.6 is 12.4 Å². The summed E-state index contributed by atoms with van der Waals surface area (Å²) in [7, 11) is 1.53. The van der Waals surface area contributed by atoms with Gasteiger partial charge in [0.2, 0.25) is 0 Å². The second-order valence-corrected chi connectivity index (χ2v) is 8.67. The Morgan fingerprint density at radius 3 is 2.31 bits per heavy atom. The summed E-state index contributed by atoms with van der Waals surface area (Å²) in [6, 6.07) is 20.0. The van der Waals surface area contributed by atoms with Crippen molar-refractivity contribution in [3.63, 3.8) is 0 Å². The van der Waals surface area contributed by atoms with E-state index < -0.39 is 5.82 Å². The average Bonchev–Trinajstić information content (AvgIpc) is 3.02. The second-order valence-electron chi connectivity index (χ2n) is 8.67. The summed E-state index contributed by atoms with van der Waals surface area (Å²) in [5.74, 6) is -0.235. The van der Waals surface area contributed by atoms with Crippen molar-refractivity contribution in [3.8, 4) is 5.75 Å². The van der Waals surface area contributed by atoms with Crippen molar-refractivity contribution < 1.29 is 13.9 Å². The highest BCUT2D eigenvalue weighted by molar-refractivity contribution is 6.04. The Balaban J connectivity index is 0.00000245. The summed E-state index contributed by atoms with van der Waals surface area (Å²) < 4.78 is 20.2. The number of benzene rings is 3. The van der Waals surface area contributed by atoms with Crippen LogP contribution in [0.4, 0.5) is 4.39 Å². The van der Waals surface area contributed by atoms with Gasteiger partial charge < -0.3 is 10.1 Å². The molecule has 3 aromatic carbocycles. The van der Waals surface area contributed by atoms with Crippen molar-refractivity contribution in [1.29, 1.82) is 0 Å². The number of methoxy groups -OCH3 is 1. The lowest BCUT2D eigenvalue weighted by Crippen LogP contribution is -2.50. The molecule has 2 unspecified atom stereocenters. The average molecular weight is 455 g/mol. The molecule has 2 fully saturated rings. The van der Waals surface area contributed by atoms with Gasteiger partial charge in [0.1, 0.15) is 11.6 Å². The number of carbonyl (C=O) groups is 1. The monoisotopic (exact) mass is 454 g/mol. The number of piperidine rings is 1. The van der Waals surface area contributed by atoms with Gasteiger partial charge in [-0.1, -0.05) is 54.6 Å². The van der Waals surface area contributed by atoms with Gasteiger partial charge in [0.05, 0.1) is 12.7 Å². The zero-order valence-electron chi connectivity index (χ0n) is 18.1. The van der Waals surface area contributed by atoms with Gasteiger partial charge >= 0.3 is 0 Å². The summed E-state index contributed by atoms with van der Waals surface area (Å²) in [5.41, 5.74) is 1.59. The van der Waals surface area contributed by atoms with E-state index in [-0.39, 0.29) is 29.9 Å². The molecule has 2 aliphatic heterocycles. The molecule has 0 aromatic heterocycles. The molecule has 2 heterocycles. The Bertz CT molecular complexity index is 1090. The van der Waals surface area contributed by atoms with E-state index in [2.05, 4.69) is 34.5 Å². The van der Waals surface area contributed by atoms with Crippen molar-refractivity contribution in [3.05, 3.63) is 77.6 Å². The first-order valence-electron chi connectivity index (χ1n) is 11.0. The third-order valence-corrected chi connectivity index (χ3v) is 6.82. The lowest BCUT2D eigenvalue weighted by molar-refractivity contribution is 0.0825. The topological polar surface area (TPSA) is 41.6 Å². The summed E-state index contributed by atoms with van der Waals surface area (Å²) >= 11 is 0. The SMILES string of the molecule is COc1c(C(=O)NC2CC3CCC(C2)N3Cc2ccccc2)cc(F)c2ccccc12.Cl. The molecule has 0 spiro atoms. The van der Waals surface area contributed by atoms with Gasteiger partial charge in [-0.25, -0.2) is 4.39 Å². The molecule has 0 saturated carbocycles. The van der Waals surface area contributed by atoms with Crippen molar-refractivity contribution in [2.75, 3.05) is 7.11 Å². The van der Waals surface area contributed by atoms with Crippen LogP contribution in [0.15, 0.2) is 60.7 Å².